The molecule has 2 aromatic carbocycles. The number of alkyl halides is 3. The lowest BCUT2D eigenvalue weighted by Crippen LogP contribution is -2.72. The Balaban J connectivity index is 2.73. The Kier molecular flexibility index (Phi) is 3.82. The van der Waals surface area contributed by atoms with Crippen LogP contribution in [-0.2, 0) is 5.41 Å². The molecule has 0 saturated heterocycles. The van der Waals surface area contributed by atoms with Crippen LogP contribution in [0.15, 0.2) is 60.7 Å². The lowest BCUT2D eigenvalue weighted by atomic mass is 9.67. The SMILES string of the molecule is CC(c1ccccc1)(c1ccccc1)C(N)(N)C(F)(F)F. The van der Waals surface area contributed by atoms with Gasteiger partial charge in [0.05, 0.1) is 5.41 Å². The smallest absolute Gasteiger partial charge is 0.305 e. The molecule has 5 heteroatoms. The van der Waals surface area contributed by atoms with Crippen molar-refractivity contribution in [1.29, 1.82) is 0 Å². The Morgan fingerprint density at radius 2 is 1.05 bits per heavy atom. The summed E-state index contributed by atoms with van der Waals surface area (Å²) in [6, 6.07) is 16.6. The van der Waals surface area contributed by atoms with Crippen LogP contribution in [-0.4, -0.2) is 11.8 Å². The fourth-order valence-corrected chi connectivity index (χ4v) is 2.47. The van der Waals surface area contributed by atoms with Crippen LogP contribution in [0, 0.1) is 0 Å². The summed E-state index contributed by atoms with van der Waals surface area (Å²) in [6.07, 6.45) is -4.76. The Bertz CT molecular complexity index is 552. The lowest BCUT2D eigenvalue weighted by molar-refractivity contribution is -0.199. The maximum Gasteiger partial charge on any atom is 0.420 e. The van der Waals surface area contributed by atoms with E-state index in [0.29, 0.717) is 11.1 Å². The fourth-order valence-electron chi connectivity index (χ4n) is 2.47. The van der Waals surface area contributed by atoms with Gasteiger partial charge in [-0.2, -0.15) is 13.2 Å². The molecule has 0 aliphatic heterocycles. The number of benzene rings is 2. The van der Waals surface area contributed by atoms with Crippen LogP contribution >= 0.6 is 0 Å². The van der Waals surface area contributed by atoms with Crippen LogP contribution in [0.3, 0.4) is 0 Å². The molecule has 2 nitrogen and oxygen atoms in total. The first-order chi connectivity index (χ1) is 9.71. The van der Waals surface area contributed by atoms with Gasteiger partial charge in [0.25, 0.3) is 0 Å². The largest absolute Gasteiger partial charge is 0.420 e. The van der Waals surface area contributed by atoms with Gasteiger partial charge in [-0.05, 0) is 18.1 Å². The fraction of sp³-hybridized carbons (Fsp3) is 0.250. The van der Waals surface area contributed by atoms with E-state index < -0.39 is 17.3 Å². The van der Waals surface area contributed by atoms with Crippen molar-refractivity contribution in [1.82, 2.24) is 0 Å². The molecular formula is C16H17F3N2. The normalized spacial score (nSPS) is 13.2. The van der Waals surface area contributed by atoms with E-state index in [4.69, 9.17) is 11.5 Å². The molecule has 0 unspecified atom stereocenters. The van der Waals surface area contributed by atoms with E-state index in [2.05, 4.69) is 0 Å². The van der Waals surface area contributed by atoms with Crippen LogP contribution < -0.4 is 11.5 Å². The van der Waals surface area contributed by atoms with Crippen LogP contribution in [0.25, 0.3) is 0 Å². The molecule has 0 saturated carbocycles. The zero-order valence-corrected chi connectivity index (χ0v) is 11.6. The average molecular weight is 294 g/mol. The Labute approximate surface area is 121 Å². The maximum absolute atomic E-state index is 13.5. The third-order valence-corrected chi connectivity index (χ3v) is 4.00. The van der Waals surface area contributed by atoms with Gasteiger partial charge in [-0.15, -0.1) is 0 Å². The summed E-state index contributed by atoms with van der Waals surface area (Å²) in [5.74, 6) is 0. The topological polar surface area (TPSA) is 52.0 Å². The predicted molar refractivity (Wildman–Crippen MR) is 76.5 cm³/mol. The minimum atomic E-state index is -4.76. The highest BCUT2D eigenvalue weighted by Crippen LogP contribution is 2.45. The van der Waals surface area contributed by atoms with Crippen molar-refractivity contribution in [2.24, 2.45) is 11.5 Å². The van der Waals surface area contributed by atoms with E-state index >= 15 is 0 Å². The monoisotopic (exact) mass is 294 g/mol. The molecule has 0 heterocycles. The second-order valence-electron chi connectivity index (χ2n) is 5.22. The average Bonchev–Trinajstić information content (AvgIpc) is 2.47. The van der Waals surface area contributed by atoms with Gasteiger partial charge in [-0.3, -0.25) is 0 Å². The van der Waals surface area contributed by atoms with E-state index in [1.54, 1.807) is 60.7 Å². The van der Waals surface area contributed by atoms with Gasteiger partial charge in [0.2, 0.25) is 0 Å². The summed E-state index contributed by atoms with van der Waals surface area (Å²) in [6.45, 7) is 1.42. The molecule has 4 N–H and O–H groups in total. The molecule has 112 valence electrons. The molecule has 0 bridgehead atoms. The van der Waals surface area contributed by atoms with E-state index in [0.717, 1.165) is 0 Å². The molecule has 0 aliphatic rings. The third kappa shape index (κ3) is 2.43. The maximum atomic E-state index is 13.5. The van der Waals surface area contributed by atoms with E-state index in [1.165, 1.54) is 6.92 Å². The number of hydrogen-bond acceptors (Lipinski definition) is 2. The molecule has 0 atom stereocenters. The zero-order chi connectivity index (χ0) is 15.7. The predicted octanol–water partition coefficient (Wildman–Crippen LogP) is 3.17. The number of rotatable bonds is 3. The summed E-state index contributed by atoms with van der Waals surface area (Å²) in [5.41, 5.74) is 7.51. The minimum absolute atomic E-state index is 0.415. The second-order valence-corrected chi connectivity index (χ2v) is 5.22. The summed E-state index contributed by atoms with van der Waals surface area (Å²) in [5, 5.41) is 0. The van der Waals surface area contributed by atoms with Gasteiger partial charge in [0.1, 0.15) is 0 Å². The standard InChI is InChI=1S/C16H17F3N2/c1-14(12-8-4-2-5-9-12,13-10-6-3-7-11-13)15(20,21)16(17,18)19/h2-11H,20-21H2,1H3. The number of hydrogen-bond donors (Lipinski definition) is 2. The summed E-state index contributed by atoms with van der Waals surface area (Å²) < 4.78 is 40.4. The van der Waals surface area contributed by atoms with E-state index in [1.807, 2.05) is 0 Å². The Morgan fingerprint density at radius 1 is 0.714 bits per heavy atom. The summed E-state index contributed by atoms with van der Waals surface area (Å²) >= 11 is 0. The summed E-state index contributed by atoms with van der Waals surface area (Å²) in [4.78, 5) is 0. The van der Waals surface area contributed by atoms with Gasteiger partial charge in [0, 0.05) is 0 Å². The molecule has 2 aromatic rings. The molecule has 0 fully saturated rings. The first-order valence-corrected chi connectivity index (χ1v) is 6.47. The second kappa shape index (κ2) is 5.16. The van der Waals surface area contributed by atoms with Crippen molar-refractivity contribution in [2.45, 2.75) is 24.2 Å². The highest BCUT2D eigenvalue weighted by molar-refractivity contribution is 5.43. The van der Waals surface area contributed by atoms with Crippen LogP contribution in [0.5, 0.6) is 0 Å². The van der Waals surface area contributed by atoms with Crippen LogP contribution in [0.2, 0.25) is 0 Å². The van der Waals surface area contributed by atoms with Crippen molar-refractivity contribution in [2.75, 3.05) is 0 Å². The molecular weight excluding hydrogens is 277 g/mol. The van der Waals surface area contributed by atoms with E-state index in [9.17, 15) is 13.2 Å². The molecule has 0 aliphatic carbocycles. The Hall–Kier alpha value is -1.85. The highest BCUT2D eigenvalue weighted by Gasteiger charge is 2.61. The minimum Gasteiger partial charge on any atom is -0.305 e. The molecule has 0 spiro atoms. The van der Waals surface area contributed by atoms with Gasteiger partial charge >= 0.3 is 6.18 Å². The quantitative estimate of drug-likeness (QED) is 0.854. The van der Waals surface area contributed by atoms with Gasteiger partial charge in [0.15, 0.2) is 5.66 Å². The van der Waals surface area contributed by atoms with Crippen LogP contribution in [0.1, 0.15) is 18.1 Å². The first-order valence-electron chi connectivity index (χ1n) is 6.47. The van der Waals surface area contributed by atoms with Gasteiger partial charge in [-0.25, -0.2) is 0 Å². The van der Waals surface area contributed by atoms with Gasteiger partial charge < -0.3 is 11.5 Å². The van der Waals surface area contributed by atoms with E-state index in [-0.39, 0.29) is 0 Å². The summed E-state index contributed by atoms with van der Waals surface area (Å²) in [7, 11) is 0. The zero-order valence-electron chi connectivity index (χ0n) is 11.6. The van der Waals surface area contributed by atoms with Crippen molar-refractivity contribution >= 4 is 0 Å². The van der Waals surface area contributed by atoms with Crippen molar-refractivity contribution in [3.8, 4) is 0 Å². The molecule has 0 aromatic heterocycles. The highest BCUT2D eigenvalue weighted by atomic mass is 19.4. The number of halogens is 3. The molecule has 0 radical (unpaired) electrons. The van der Waals surface area contributed by atoms with Crippen LogP contribution in [0.4, 0.5) is 13.2 Å². The van der Waals surface area contributed by atoms with Crippen molar-refractivity contribution in [3.05, 3.63) is 71.8 Å². The molecule has 0 amide bonds. The van der Waals surface area contributed by atoms with Gasteiger partial charge in [-0.1, -0.05) is 60.7 Å². The molecule has 2 rings (SSSR count). The third-order valence-electron chi connectivity index (χ3n) is 4.00. The molecule has 21 heavy (non-hydrogen) atoms. The number of nitrogens with two attached hydrogens (primary N) is 2. The Morgan fingerprint density at radius 3 is 1.33 bits per heavy atom. The first kappa shape index (κ1) is 15.5. The lowest BCUT2D eigenvalue weighted by Gasteiger charge is -2.45. The van der Waals surface area contributed by atoms with Crippen molar-refractivity contribution < 1.29 is 13.2 Å². The van der Waals surface area contributed by atoms with Crippen molar-refractivity contribution in [3.63, 3.8) is 0 Å².